The Hall–Kier alpha value is -1.36. The Morgan fingerprint density at radius 3 is 3.00 bits per heavy atom. The van der Waals surface area contributed by atoms with Crippen molar-refractivity contribution in [2.75, 3.05) is 43.9 Å². The molecule has 0 aliphatic carbocycles. The van der Waals surface area contributed by atoms with Crippen LogP contribution in [0.15, 0.2) is 12.3 Å². The lowest BCUT2D eigenvalue weighted by Crippen LogP contribution is -2.31. The van der Waals surface area contributed by atoms with Crippen molar-refractivity contribution >= 4 is 11.8 Å². The van der Waals surface area contributed by atoms with Crippen LogP contribution in [-0.2, 0) is 0 Å². The number of likely N-dealkylation sites (N-methyl/N-ethyl adjacent to an activating group) is 1. The van der Waals surface area contributed by atoms with E-state index in [1.165, 1.54) is 6.42 Å². The van der Waals surface area contributed by atoms with Gasteiger partial charge in [0, 0.05) is 31.9 Å². The Morgan fingerprint density at radius 2 is 2.33 bits per heavy atom. The standard InChI is InChI=1S/C13H23N5/c1-4-7-14-13-15-8-5-12(16-13)18-9-6-11(10-18)17(2)3/h5,8,11H,4,6-7,9-10H2,1-3H3,(H,14,15,16). The normalized spacial score (nSPS) is 19.6. The molecular weight excluding hydrogens is 226 g/mol. The molecule has 1 aliphatic heterocycles. The summed E-state index contributed by atoms with van der Waals surface area (Å²) in [5.41, 5.74) is 0. The van der Waals surface area contributed by atoms with Gasteiger partial charge in [-0.1, -0.05) is 6.92 Å². The van der Waals surface area contributed by atoms with Gasteiger partial charge < -0.3 is 15.1 Å². The van der Waals surface area contributed by atoms with Gasteiger partial charge in [-0.15, -0.1) is 0 Å². The van der Waals surface area contributed by atoms with Crippen LogP contribution in [0.2, 0.25) is 0 Å². The molecule has 5 nitrogen and oxygen atoms in total. The molecule has 2 rings (SSSR count). The topological polar surface area (TPSA) is 44.3 Å². The fraction of sp³-hybridized carbons (Fsp3) is 0.692. The lowest BCUT2D eigenvalue weighted by molar-refractivity contribution is 0.315. The number of nitrogens with zero attached hydrogens (tertiary/aromatic N) is 4. The Morgan fingerprint density at radius 1 is 1.50 bits per heavy atom. The van der Waals surface area contributed by atoms with Gasteiger partial charge in [0.05, 0.1) is 0 Å². The second-order valence-electron chi connectivity index (χ2n) is 5.02. The average molecular weight is 249 g/mol. The maximum Gasteiger partial charge on any atom is 0.224 e. The smallest absolute Gasteiger partial charge is 0.224 e. The quantitative estimate of drug-likeness (QED) is 0.855. The van der Waals surface area contributed by atoms with Crippen LogP contribution in [0, 0.1) is 0 Å². The average Bonchev–Trinajstić information content (AvgIpc) is 2.86. The molecule has 1 aliphatic rings. The van der Waals surface area contributed by atoms with Gasteiger partial charge in [0.15, 0.2) is 0 Å². The van der Waals surface area contributed by atoms with Crippen LogP contribution >= 0.6 is 0 Å². The van der Waals surface area contributed by atoms with Gasteiger partial charge in [0.2, 0.25) is 5.95 Å². The van der Waals surface area contributed by atoms with Gasteiger partial charge in [-0.2, -0.15) is 4.98 Å². The number of anilines is 2. The monoisotopic (exact) mass is 249 g/mol. The van der Waals surface area contributed by atoms with Crippen molar-refractivity contribution in [1.29, 1.82) is 0 Å². The SMILES string of the molecule is CCCNc1nccc(N2CCC(N(C)C)C2)n1. The van der Waals surface area contributed by atoms with Crippen LogP contribution in [0.25, 0.3) is 0 Å². The van der Waals surface area contributed by atoms with Gasteiger partial charge in [0.25, 0.3) is 0 Å². The van der Waals surface area contributed by atoms with Crippen molar-refractivity contribution in [2.45, 2.75) is 25.8 Å². The van der Waals surface area contributed by atoms with E-state index in [2.05, 4.69) is 46.1 Å². The third kappa shape index (κ3) is 3.10. The zero-order valence-electron chi connectivity index (χ0n) is 11.6. The molecular formula is C13H23N5. The lowest BCUT2D eigenvalue weighted by Gasteiger charge is -2.21. The zero-order chi connectivity index (χ0) is 13.0. The molecule has 2 heterocycles. The third-order valence-electron chi connectivity index (χ3n) is 3.39. The molecule has 0 radical (unpaired) electrons. The Kier molecular flexibility index (Phi) is 4.36. The maximum atomic E-state index is 4.57. The van der Waals surface area contributed by atoms with Crippen molar-refractivity contribution in [1.82, 2.24) is 14.9 Å². The zero-order valence-corrected chi connectivity index (χ0v) is 11.6. The molecule has 0 spiro atoms. The Bertz CT molecular complexity index is 379. The summed E-state index contributed by atoms with van der Waals surface area (Å²) in [6.45, 7) is 5.19. The van der Waals surface area contributed by atoms with E-state index in [-0.39, 0.29) is 0 Å². The second kappa shape index (κ2) is 6.00. The minimum absolute atomic E-state index is 0.631. The molecule has 1 aromatic rings. The highest BCUT2D eigenvalue weighted by Crippen LogP contribution is 2.20. The molecule has 1 saturated heterocycles. The molecule has 0 bridgehead atoms. The lowest BCUT2D eigenvalue weighted by atomic mass is 10.2. The summed E-state index contributed by atoms with van der Waals surface area (Å²) in [6.07, 6.45) is 4.12. The summed E-state index contributed by atoms with van der Waals surface area (Å²) in [5, 5.41) is 3.23. The first-order chi connectivity index (χ1) is 8.70. The van der Waals surface area contributed by atoms with E-state index in [1.54, 1.807) is 0 Å². The predicted molar refractivity (Wildman–Crippen MR) is 75.1 cm³/mol. The third-order valence-corrected chi connectivity index (χ3v) is 3.39. The molecule has 0 aromatic carbocycles. The summed E-state index contributed by atoms with van der Waals surface area (Å²) in [6, 6.07) is 2.63. The molecule has 18 heavy (non-hydrogen) atoms. The van der Waals surface area contributed by atoms with E-state index in [0.717, 1.165) is 37.8 Å². The molecule has 1 aromatic heterocycles. The van der Waals surface area contributed by atoms with E-state index in [0.29, 0.717) is 6.04 Å². The minimum Gasteiger partial charge on any atom is -0.355 e. The van der Waals surface area contributed by atoms with Crippen molar-refractivity contribution in [2.24, 2.45) is 0 Å². The molecule has 0 amide bonds. The van der Waals surface area contributed by atoms with Gasteiger partial charge in [0.1, 0.15) is 5.82 Å². The Labute approximate surface area is 109 Å². The van der Waals surface area contributed by atoms with E-state index in [9.17, 15) is 0 Å². The molecule has 1 atom stereocenters. The first-order valence-corrected chi connectivity index (χ1v) is 6.69. The van der Waals surface area contributed by atoms with Crippen LogP contribution in [0.4, 0.5) is 11.8 Å². The van der Waals surface area contributed by atoms with Gasteiger partial charge in [-0.3, -0.25) is 0 Å². The van der Waals surface area contributed by atoms with E-state index < -0.39 is 0 Å². The van der Waals surface area contributed by atoms with Crippen LogP contribution in [-0.4, -0.2) is 54.6 Å². The van der Waals surface area contributed by atoms with Crippen LogP contribution in [0.3, 0.4) is 0 Å². The molecule has 0 saturated carbocycles. The summed E-state index contributed by atoms with van der Waals surface area (Å²) in [5.74, 6) is 1.77. The van der Waals surface area contributed by atoms with E-state index in [4.69, 9.17) is 0 Å². The number of hydrogen-bond donors (Lipinski definition) is 1. The Balaban J connectivity index is 2.01. The summed E-state index contributed by atoms with van der Waals surface area (Å²) in [7, 11) is 4.28. The van der Waals surface area contributed by atoms with Crippen molar-refractivity contribution in [3.63, 3.8) is 0 Å². The van der Waals surface area contributed by atoms with Gasteiger partial charge in [-0.05, 0) is 33.0 Å². The second-order valence-corrected chi connectivity index (χ2v) is 5.02. The van der Waals surface area contributed by atoms with Crippen LogP contribution < -0.4 is 10.2 Å². The number of hydrogen-bond acceptors (Lipinski definition) is 5. The van der Waals surface area contributed by atoms with Crippen LogP contribution in [0.5, 0.6) is 0 Å². The fourth-order valence-corrected chi connectivity index (χ4v) is 2.22. The van der Waals surface area contributed by atoms with Gasteiger partial charge in [-0.25, -0.2) is 4.98 Å². The van der Waals surface area contributed by atoms with Gasteiger partial charge >= 0.3 is 0 Å². The van der Waals surface area contributed by atoms with E-state index in [1.807, 2.05) is 12.3 Å². The van der Waals surface area contributed by atoms with E-state index >= 15 is 0 Å². The fourth-order valence-electron chi connectivity index (χ4n) is 2.22. The first-order valence-electron chi connectivity index (χ1n) is 6.69. The number of rotatable bonds is 5. The molecule has 100 valence electrons. The van der Waals surface area contributed by atoms with Crippen molar-refractivity contribution < 1.29 is 0 Å². The highest BCUT2D eigenvalue weighted by molar-refractivity contribution is 5.43. The molecule has 5 heteroatoms. The van der Waals surface area contributed by atoms with Crippen molar-refractivity contribution in [3.05, 3.63) is 12.3 Å². The maximum absolute atomic E-state index is 4.57. The number of aromatic nitrogens is 2. The highest BCUT2D eigenvalue weighted by atomic mass is 15.3. The van der Waals surface area contributed by atoms with Crippen LogP contribution in [0.1, 0.15) is 19.8 Å². The molecule has 1 N–H and O–H groups in total. The first kappa shape index (κ1) is 13.1. The highest BCUT2D eigenvalue weighted by Gasteiger charge is 2.24. The molecule has 1 fully saturated rings. The largest absolute Gasteiger partial charge is 0.355 e. The summed E-state index contributed by atoms with van der Waals surface area (Å²) in [4.78, 5) is 13.4. The van der Waals surface area contributed by atoms with Crippen molar-refractivity contribution in [3.8, 4) is 0 Å². The number of nitrogens with one attached hydrogen (secondary N) is 1. The summed E-state index contributed by atoms with van der Waals surface area (Å²) >= 11 is 0. The predicted octanol–water partition coefficient (Wildman–Crippen LogP) is 1.44. The summed E-state index contributed by atoms with van der Waals surface area (Å²) < 4.78 is 0. The minimum atomic E-state index is 0.631. The molecule has 1 unspecified atom stereocenters.